The maximum Gasteiger partial charge on any atom is 0.309 e. The van der Waals surface area contributed by atoms with E-state index in [4.69, 9.17) is 4.74 Å². The number of aliphatic hydroxyl groups is 2. The summed E-state index contributed by atoms with van der Waals surface area (Å²) in [5.74, 6) is -1.48. The van der Waals surface area contributed by atoms with Crippen LogP contribution in [-0.4, -0.2) is 45.3 Å². The molecule has 6 heteroatoms. The zero-order chi connectivity index (χ0) is 26.8. The van der Waals surface area contributed by atoms with E-state index in [-0.39, 0.29) is 24.0 Å². The van der Waals surface area contributed by atoms with Crippen molar-refractivity contribution in [2.75, 3.05) is 0 Å². The molecule has 1 aliphatic heterocycles. The second-order valence-electron chi connectivity index (χ2n) is 11.6. The molecule has 0 radical (unpaired) electrons. The van der Waals surface area contributed by atoms with Gasteiger partial charge in [-0.2, -0.15) is 0 Å². The molecule has 0 aromatic carbocycles. The number of aryl methyl sites for hydroxylation is 1. The molecule has 2 aliphatic rings. The minimum absolute atomic E-state index is 0.0187. The van der Waals surface area contributed by atoms with Crippen molar-refractivity contribution < 1.29 is 24.5 Å². The number of hydrogen-bond donors (Lipinski definition) is 2. The zero-order valence-electron chi connectivity index (χ0n) is 22.9. The number of ketones is 1. The molecule has 3 rings (SSSR count). The number of fused-ring (bicyclic) bond motifs is 1. The van der Waals surface area contributed by atoms with Crippen LogP contribution >= 0.6 is 0 Å². The molecule has 0 unspecified atom stereocenters. The monoisotopic (exact) mass is 497 g/mol. The van der Waals surface area contributed by atoms with Gasteiger partial charge in [0.15, 0.2) is 0 Å². The molecule has 1 aromatic rings. The van der Waals surface area contributed by atoms with Gasteiger partial charge in [-0.1, -0.05) is 45.4 Å². The van der Waals surface area contributed by atoms with Crippen LogP contribution in [0.1, 0.15) is 84.9 Å². The fourth-order valence-electron chi connectivity index (χ4n) is 5.60. The highest BCUT2D eigenvalue weighted by Gasteiger charge is 2.43. The van der Waals surface area contributed by atoms with E-state index >= 15 is 0 Å². The maximum atomic E-state index is 13.2. The molecule has 0 fully saturated rings. The van der Waals surface area contributed by atoms with E-state index in [9.17, 15) is 19.8 Å². The predicted octanol–water partition coefficient (Wildman–Crippen LogP) is 5.20. The van der Waals surface area contributed by atoms with E-state index in [2.05, 4.69) is 18.0 Å². The lowest BCUT2D eigenvalue weighted by Gasteiger charge is -2.34. The predicted molar refractivity (Wildman–Crippen MR) is 141 cm³/mol. The first-order valence-corrected chi connectivity index (χ1v) is 13.2. The minimum atomic E-state index is -1.21. The van der Waals surface area contributed by atoms with Gasteiger partial charge < -0.3 is 14.9 Å². The minimum Gasteiger partial charge on any atom is -0.457 e. The van der Waals surface area contributed by atoms with Crippen LogP contribution in [-0.2, 0) is 14.3 Å². The van der Waals surface area contributed by atoms with Gasteiger partial charge >= 0.3 is 5.97 Å². The maximum absolute atomic E-state index is 13.2. The van der Waals surface area contributed by atoms with Crippen LogP contribution in [0.25, 0.3) is 5.57 Å². The number of Topliss-reactive ketones (excluding diaryl/α,β-unsaturated/α-hetero) is 1. The number of esters is 1. The SMILES string of the molecule is CC1=C(c2ccc(C)cn2)C[C@@H]2/C=C(/C)CCC[C@H](C)[C@H](O)[C@@H](C)C(=O)C(C)(C)[C@@H](O)CC(=O)O[C@H]12. The number of aromatic nitrogens is 1. The Morgan fingerprint density at radius 3 is 2.39 bits per heavy atom. The lowest BCUT2D eigenvalue weighted by Crippen LogP contribution is -2.45. The number of hydrogen-bond acceptors (Lipinski definition) is 6. The number of rotatable bonds is 1. The highest BCUT2D eigenvalue weighted by Crippen LogP contribution is 2.41. The summed E-state index contributed by atoms with van der Waals surface area (Å²) in [5.41, 5.74) is 4.06. The molecule has 6 nitrogen and oxygen atoms in total. The lowest BCUT2D eigenvalue weighted by atomic mass is 9.73. The van der Waals surface area contributed by atoms with Crippen LogP contribution in [0.5, 0.6) is 0 Å². The Hall–Kier alpha value is -2.31. The standard InChI is InChI=1S/C30H43NO5/c1-17-9-8-10-19(3)27(34)21(5)29(35)30(6,7)25(32)15-26(33)36-28-20(4)23(14-22(28)13-17)24-12-11-18(2)16-31-24/h11-13,16,19,21-22,25,27-28,32,34H,8-10,14-15H2,1-7H3/b17-13-/t19-,21+,22-,25-,27-,28+/m0/s1. The molecule has 0 spiro atoms. The summed E-state index contributed by atoms with van der Waals surface area (Å²) >= 11 is 0. The molecule has 6 atom stereocenters. The highest BCUT2D eigenvalue weighted by molar-refractivity contribution is 5.88. The van der Waals surface area contributed by atoms with Crippen molar-refractivity contribution >= 4 is 17.3 Å². The molecule has 0 bridgehead atoms. The molecular weight excluding hydrogens is 454 g/mol. The summed E-state index contributed by atoms with van der Waals surface area (Å²) in [4.78, 5) is 30.9. The quantitative estimate of drug-likeness (QED) is 0.409. The molecule has 2 N–H and O–H groups in total. The Balaban J connectivity index is 1.95. The summed E-state index contributed by atoms with van der Waals surface area (Å²) < 4.78 is 5.99. The third kappa shape index (κ3) is 6.15. The molecule has 36 heavy (non-hydrogen) atoms. The van der Waals surface area contributed by atoms with Crippen LogP contribution in [0, 0.1) is 30.1 Å². The Labute approximate surface area is 215 Å². The molecule has 1 aromatic heterocycles. The average Bonchev–Trinajstić information content (AvgIpc) is 3.11. The van der Waals surface area contributed by atoms with Crippen LogP contribution in [0.3, 0.4) is 0 Å². The van der Waals surface area contributed by atoms with Crippen LogP contribution in [0.15, 0.2) is 35.6 Å². The van der Waals surface area contributed by atoms with Gasteiger partial charge in [0.2, 0.25) is 0 Å². The van der Waals surface area contributed by atoms with Gasteiger partial charge in [0.1, 0.15) is 11.9 Å². The van der Waals surface area contributed by atoms with E-state index in [1.54, 1.807) is 20.8 Å². The summed E-state index contributed by atoms with van der Waals surface area (Å²) in [6.45, 7) is 13.1. The first-order chi connectivity index (χ1) is 16.8. The first kappa shape index (κ1) is 28.3. The summed E-state index contributed by atoms with van der Waals surface area (Å²) in [7, 11) is 0. The Kier molecular flexibility index (Phi) is 8.94. The van der Waals surface area contributed by atoms with Crippen molar-refractivity contribution in [3.63, 3.8) is 0 Å². The Bertz CT molecular complexity index is 1020. The van der Waals surface area contributed by atoms with Crippen molar-refractivity contribution in [3.8, 4) is 0 Å². The molecule has 2 heterocycles. The number of carbonyl (C=O) groups excluding carboxylic acids is 2. The van der Waals surface area contributed by atoms with Crippen LogP contribution in [0.2, 0.25) is 0 Å². The second-order valence-corrected chi connectivity index (χ2v) is 11.6. The number of nitrogens with zero attached hydrogens (tertiary/aromatic N) is 1. The van der Waals surface area contributed by atoms with Crippen LogP contribution < -0.4 is 0 Å². The number of ether oxygens (including phenoxy) is 1. The Morgan fingerprint density at radius 2 is 1.75 bits per heavy atom. The average molecular weight is 498 g/mol. The third-order valence-electron chi connectivity index (χ3n) is 8.28. The van der Waals surface area contributed by atoms with Gasteiger partial charge in [0.25, 0.3) is 0 Å². The molecular formula is C30H43NO5. The van der Waals surface area contributed by atoms with E-state index in [1.165, 1.54) is 5.57 Å². The third-order valence-corrected chi connectivity index (χ3v) is 8.28. The van der Waals surface area contributed by atoms with Crippen molar-refractivity contribution in [1.82, 2.24) is 4.98 Å². The number of aliphatic hydroxyl groups excluding tert-OH is 2. The fourth-order valence-corrected chi connectivity index (χ4v) is 5.60. The molecule has 0 saturated carbocycles. The van der Waals surface area contributed by atoms with E-state index in [0.717, 1.165) is 48.1 Å². The van der Waals surface area contributed by atoms with Crippen LogP contribution in [0.4, 0.5) is 0 Å². The zero-order valence-corrected chi connectivity index (χ0v) is 22.9. The number of allylic oxidation sites excluding steroid dienone is 2. The Morgan fingerprint density at radius 1 is 1.06 bits per heavy atom. The fraction of sp³-hybridized carbons (Fsp3) is 0.633. The van der Waals surface area contributed by atoms with Crippen molar-refractivity contribution in [2.24, 2.45) is 23.2 Å². The normalized spacial score (nSPS) is 34.1. The second kappa shape index (κ2) is 11.4. The highest BCUT2D eigenvalue weighted by atomic mass is 16.5. The molecule has 0 amide bonds. The van der Waals surface area contributed by atoms with Gasteiger partial charge in [-0.15, -0.1) is 0 Å². The largest absolute Gasteiger partial charge is 0.457 e. The summed E-state index contributed by atoms with van der Waals surface area (Å²) in [5, 5.41) is 21.8. The lowest BCUT2D eigenvalue weighted by molar-refractivity contribution is -0.155. The molecule has 0 saturated heterocycles. The smallest absolute Gasteiger partial charge is 0.309 e. The van der Waals surface area contributed by atoms with Crippen molar-refractivity contribution in [2.45, 2.75) is 98.9 Å². The van der Waals surface area contributed by atoms with Gasteiger partial charge in [-0.05, 0) is 75.1 Å². The number of carbonyl (C=O) groups is 2. The van der Waals surface area contributed by atoms with E-state index in [0.29, 0.717) is 0 Å². The number of pyridine rings is 1. The van der Waals surface area contributed by atoms with E-state index in [1.807, 2.05) is 39.1 Å². The molecule has 1 aliphatic carbocycles. The van der Waals surface area contributed by atoms with Gasteiger partial charge in [0.05, 0.1) is 29.7 Å². The topological polar surface area (TPSA) is 96.7 Å². The first-order valence-electron chi connectivity index (χ1n) is 13.2. The molecule has 198 valence electrons. The summed E-state index contributed by atoms with van der Waals surface area (Å²) in [6.07, 6.45) is 4.60. The van der Waals surface area contributed by atoms with Gasteiger partial charge in [-0.3, -0.25) is 14.6 Å². The summed E-state index contributed by atoms with van der Waals surface area (Å²) in [6, 6.07) is 4.04. The van der Waals surface area contributed by atoms with Crippen molar-refractivity contribution in [3.05, 3.63) is 46.8 Å². The van der Waals surface area contributed by atoms with Crippen molar-refractivity contribution in [1.29, 1.82) is 0 Å². The van der Waals surface area contributed by atoms with E-state index < -0.39 is 35.6 Å². The van der Waals surface area contributed by atoms with Gasteiger partial charge in [0, 0.05) is 18.0 Å². The van der Waals surface area contributed by atoms with Gasteiger partial charge in [-0.25, -0.2) is 0 Å².